The molecule has 0 bridgehead atoms. The smallest absolute Gasteiger partial charge is 0.115 e. The lowest BCUT2D eigenvalue weighted by molar-refractivity contribution is 0.449. The first kappa shape index (κ1) is 14.1. The summed E-state index contributed by atoms with van der Waals surface area (Å²) in [7, 11) is 1.97. The molecule has 3 rings (SSSR count). The quantitative estimate of drug-likeness (QED) is 0.908. The standard InChI is InChI=1S/C17H23N3O/c1-3-16-13(11-20(2)19-16)10-18-17-6-4-5-12-9-14(21)7-8-15(12)17/h7-9,11,17-18,21H,3-6,10H2,1-2H3. The van der Waals surface area contributed by atoms with E-state index >= 15 is 0 Å². The van der Waals surface area contributed by atoms with E-state index in [0.29, 0.717) is 11.8 Å². The highest BCUT2D eigenvalue weighted by molar-refractivity contribution is 5.38. The average molecular weight is 285 g/mol. The van der Waals surface area contributed by atoms with Crippen LogP contribution in [0.5, 0.6) is 5.75 Å². The zero-order valence-electron chi connectivity index (χ0n) is 12.8. The normalized spacial score (nSPS) is 17.7. The number of fused-ring (bicyclic) bond motifs is 1. The lowest BCUT2D eigenvalue weighted by atomic mass is 9.87. The van der Waals surface area contributed by atoms with Crippen LogP contribution < -0.4 is 5.32 Å². The van der Waals surface area contributed by atoms with E-state index in [2.05, 4.69) is 29.6 Å². The van der Waals surface area contributed by atoms with Crippen LogP contribution in [-0.4, -0.2) is 14.9 Å². The minimum absolute atomic E-state index is 0.370. The number of aryl methyl sites for hydroxylation is 3. The Morgan fingerprint density at radius 3 is 3.10 bits per heavy atom. The Labute approximate surface area is 125 Å². The molecule has 2 N–H and O–H groups in total. The monoisotopic (exact) mass is 285 g/mol. The van der Waals surface area contributed by atoms with Gasteiger partial charge in [0, 0.05) is 31.4 Å². The van der Waals surface area contributed by atoms with Crippen molar-refractivity contribution in [3.63, 3.8) is 0 Å². The number of phenolic OH excluding ortho intramolecular Hbond substituents is 1. The molecule has 0 saturated carbocycles. The van der Waals surface area contributed by atoms with Crippen molar-refractivity contribution < 1.29 is 5.11 Å². The molecule has 0 saturated heterocycles. The van der Waals surface area contributed by atoms with Crippen LogP contribution in [0.3, 0.4) is 0 Å². The summed E-state index contributed by atoms with van der Waals surface area (Å²) in [5.74, 6) is 0.370. The molecule has 4 heteroatoms. The molecule has 1 aromatic heterocycles. The van der Waals surface area contributed by atoms with Crippen LogP contribution in [-0.2, 0) is 26.4 Å². The molecule has 21 heavy (non-hydrogen) atoms. The molecule has 1 atom stereocenters. The van der Waals surface area contributed by atoms with Crippen molar-refractivity contribution in [2.24, 2.45) is 7.05 Å². The van der Waals surface area contributed by atoms with Gasteiger partial charge >= 0.3 is 0 Å². The fourth-order valence-corrected chi connectivity index (χ4v) is 3.27. The maximum absolute atomic E-state index is 9.62. The van der Waals surface area contributed by atoms with Crippen molar-refractivity contribution in [3.05, 3.63) is 46.8 Å². The molecule has 0 fully saturated rings. The van der Waals surface area contributed by atoms with E-state index in [1.165, 1.54) is 28.8 Å². The minimum Gasteiger partial charge on any atom is -0.508 e. The second-order valence-corrected chi connectivity index (χ2v) is 5.84. The fraction of sp³-hybridized carbons (Fsp3) is 0.471. The van der Waals surface area contributed by atoms with Gasteiger partial charge < -0.3 is 10.4 Å². The lowest BCUT2D eigenvalue weighted by Gasteiger charge is -2.26. The van der Waals surface area contributed by atoms with Gasteiger partial charge in [0.25, 0.3) is 0 Å². The zero-order chi connectivity index (χ0) is 14.8. The van der Waals surface area contributed by atoms with Gasteiger partial charge in [-0.3, -0.25) is 4.68 Å². The maximum Gasteiger partial charge on any atom is 0.115 e. The van der Waals surface area contributed by atoms with Gasteiger partial charge in [-0.25, -0.2) is 0 Å². The summed E-state index contributed by atoms with van der Waals surface area (Å²) in [6.07, 6.45) is 6.45. The summed E-state index contributed by atoms with van der Waals surface area (Å²) in [4.78, 5) is 0. The highest BCUT2D eigenvalue weighted by atomic mass is 16.3. The van der Waals surface area contributed by atoms with Crippen molar-refractivity contribution in [2.75, 3.05) is 0 Å². The van der Waals surface area contributed by atoms with Crippen molar-refractivity contribution in [1.82, 2.24) is 15.1 Å². The van der Waals surface area contributed by atoms with Gasteiger partial charge in [-0.05, 0) is 48.9 Å². The van der Waals surface area contributed by atoms with Crippen LogP contribution >= 0.6 is 0 Å². The fourth-order valence-electron chi connectivity index (χ4n) is 3.27. The largest absolute Gasteiger partial charge is 0.508 e. The Morgan fingerprint density at radius 1 is 1.43 bits per heavy atom. The number of hydrogen-bond acceptors (Lipinski definition) is 3. The van der Waals surface area contributed by atoms with Gasteiger partial charge in [0.2, 0.25) is 0 Å². The van der Waals surface area contributed by atoms with Gasteiger partial charge in [0.15, 0.2) is 0 Å². The predicted octanol–water partition coefficient (Wildman–Crippen LogP) is 2.86. The molecule has 1 aliphatic rings. The summed E-state index contributed by atoms with van der Waals surface area (Å²) in [5, 5.41) is 17.8. The lowest BCUT2D eigenvalue weighted by Crippen LogP contribution is -2.25. The second kappa shape index (κ2) is 5.90. The van der Waals surface area contributed by atoms with Gasteiger partial charge in [0.1, 0.15) is 5.75 Å². The Hall–Kier alpha value is -1.81. The Morgan fingerprint density at radius 2 is 2.29 bits per heavy atom. The molecule has 2 aromatic rings. The van der Waals surface area contributed by atoms with Crippen LogP contribution in [0.25, 0.3) is 0 Å². The summed E-state index contributed by atoms with van der Waals surface area (Å²) in [6.45, 7) is 2.99. The number of nitrogens with zero attached hydrogens (tertiary/aromatic N) is 2. The first-order chi connectivity index (χ1) is 10.2. The maximum atomic E-state index is 9.62. The van der Waals surface area contributed by atoms with E-state index in [1.807, 2.05) is 17.8 Å². The number of aromatic hydroxyl groups is 1. The summed E-state index contributed by atoms with van der Waals surface area (Å²) >= 11 is 0. The van der Waals surface area contributed by atoms with Gasteiger partial charge in [-0.1, -0.05) is 13.0 Å². The van der Waals surface area contributed by atoms with Crippen LogP contribution in [0.1, 0.15) is 48.2 Å². The molecule has 0 spiro atoms. The topological polar surface area (TPSA) is 50.1 Å². The molecule has 112 valence electrons. The van der Waals surface area contributed by atoms with Crippen molar-refractivity contribution in [1.29, 1.82) is 0 Å². The summed E-state index contributed by atoms with van der Waals surface area (Å²) in [5.41, 5.74) is 5.07. The zero-order valence-corrected chi connectivity index (χ0v) is 12.8. The van der Waals surface area contributed by atoms with E-state index in [0.717, 1.165) is 25.8 Å². The van der Waals surface area contributed by atoms with E-state index < -0.39 is 0 Å². The molecule has 4 nitrogen and oxygen atoms in total. The first-order valence-corrected chi connectivity index (χ1v) is 7.74. The molecule has 0 aliphatic heterocycles. The molecule has 1 heterocycles. The number of benzene rings is 1. The molecule has 1 unspecified atom stereocenters. The number of phenols is 1. The van der Waals surface area contributed by atoms with Gasteiger partial charge in [-0.2, -0.15) is 5.10 Å². The van der Waals surface area contributed by atoms with Crippen molar-refractivity contribution >= 4 is 0 Å². The predicted molar refractivity (Wildman–Crippen MR) is 83.2 cm³/mol. The van der Waals surface area contributed by atoms with Gasteiger partial charge in [0.05, 0.1) is 5.69 Å². The molecule has 0 radical (unpaired) electrons. The van der Waals surface area contributed by atoms with Crippen LogP contribution in [0.15, 0.2) is 24.4 Å². The Kier molecular flexibility index (Phi) is 3.97. The molecule has 1 aromatic carbocycles. The Bertz CT molecular complexity index is 633. The summed E-state index contributed by atoms with van der Waals surface area (Å²) < 4.78 is 1.89. The van der Waals surface area contributed by atoms with Crippen LogP contribution in [0.4, 0.5) is 0 Å². The Balaban J connectivity index is 1.75. The van der Waals surface area contributed by atoms with E-state index in [4.69, 9.17) is 0 Å². The molecule has 0 amide bonds. The third-order valence-corrected chi connectivity index (χ3v) is 4.31. The number of hydrogen-bond donors (Lipinski definition) is 2. The van der Waals surface area contributed by atoms with E-state index in [9.17, 15) is 5.11 Å². The first-order valence-electron chi connectivity index (χ1n) is 7.74. The average Bonchev–Trinajstić information content (AvgIpc) is 2.84. The molecule has 1 aliphatic carbocycles. The van der Waals surface area contributed by atoms with E-state index in [-0.39, 0.29) is 0 Å². The number of rotatable bonds is 4. The third-order valence-electron chi connectivity index (χ3n) is 4.31. The summed E-state index contributed by atoms with van der Waals surface area (Å²) in [6, 6.07) is 6.13. The van der Waals surface area contributed by atoms with Crippen LogP contribution in [0, 0.1) is 0 Å². The highest BCUT2D eigenvalue weighted by Crippen LogP contribution is 2.32. The van der Waals surface area contributed by atoms with E-state index in [1.54, 1.807) is 6.07 Å². The number of aromatic nitrogens is 2. The van der Waals surface area contributed by atoms with Crippen molar-refractivity contribution in [3.8, 4) is 5.75 Å². The molecular formula is C17H23N3O. The third kappa shape index (κ3) is 2.95. The molecular weight excluding hydrogens is 262 g/mol. The minimum atomic E-state index is 0.370. The van der Waals surface area contributed by atoms with Gasteiger partial charge in [-0.15, -0.1) is 0 Å². The SMILES string of the molecule is CCc1nn(C)cc1CNC1CCCc2cc(O)ccc21. The van der Waals surface area contributed by atoms with Crippen molar-refractivity contribution in [2.45, 2.75) is 45.2 Å². The number of nitrogens with one attached hydrogen (secondary N) is 1. The highest BCUT2D eigenvalue weighted by Gasteiger charge is 2.20. The van der Waals surface area contributed by atoms with Crippen LogP contribution in [0.2, 0.25) is 0 Å². The second-order valence-electron chi connectivity index (χ2n) is 5.84.